The van der Waals surface area contributed by atoms with Gasteiger partial charge in [-0.2, -0.15) is 5.10 Å². The van der Waals surface area contributed by atoms with Gasteiger partial charge in [-0.05, 0) is 49.8 Å². The minimum absolute atomic E-state index is 0.149. The number of hydrogen-bond donors (Lipinski definition) is 1. The number of hydrogen-bond acceptors (Lipinski definition) is 4. The summed E-state index contributed by atoms with van der Waals surface area (Å²) in [6.07, 6.45) is 6.12. The number of fused-ring (bicyclic) bond motifs is 2. The van der Waals surface area contributed by atoms with Crippen LogP contribution in [-0.4, -0.2) is 38.2 Å². The number of carbonyl (C=O) groups is 1. The molecule has 7 heteroatoms. The molecule has 2 bridgehead atoms. The number of aryl methyl sites for hydroxylation is 1. The van der Waals surface area contributed by atoms with Crippen LogP contribution in [0.1, 0.15) is 31.7 Å². The SMILES string of the molecule is Cc1cc(F)c(NC(=O)N2C3CC(C)CC2C3)cc1-c1nccnn1. The van der Waals surface area contributed by atoms with Crippen molar-refractivity contribution in [2.75, 3.05) is 5.32 Å². The summed E-state index contributed by atoms with van der Waals surface area (Å²) in [4.78, 5) is 18.6. The first kappa shape index (κ1) is 15.9. The second-order valence-electron chi connectivity index (χ2n) is 7.07. The number of halogens is 1. The summed E-state index contributed by atoms with van der Waals surface area (Å²) in [7, 11) is 0. The highest BCUT2D eigenvalue weighted by molar-refractivity contribution is 5.91. The maximum absolute atomic E-state index is 14.4. The van der Waals surface area contributed by atoms with Crippen LogP contribution in [0.15, 0.2) is 24.5 Å². The summed E-state index contributed by atoms with van der Waals surface area (Å²) in [5.74, 6) is 0.598. The molecule has 6 nitrogen and oxygen atoms in total. The van der Waals surface area contributed by atoms with E-state index in [1.54, 1.807) is 13.0 Å². The number of nitrogens with zero attached hydrogens (tertiary/aromatic N) is 4. The van der Waals surface area contributed by atoms with Gasteiger partial charge >= 0.3 is 6.03 Å². The van der Waals surface area contributed by atoms with E-state index in [1.165, 1.54) is 18.5 Å². The highest BCUT2D eigenvalue weighted by atomic mass is 19.1. The average molecular weight is 341 g/mol. The summed E-state index contributed by atoms with van der Waals surface area (Å²) in [6, 6.07) is 3.30. The van der Waals surface area contributed by atoms with Gasteiger partial charge in [-0.3, -0.25) is 0 Å². The van der Waals surface area contributed by atoms with Crippen LogP contribution in [0.25, 0.3) is 11.4 Å². The van der Waals surface area contributed by atoms with Crippen molar-refractivity contribution in [2.24, 2.45) is 5.92 Å². The van der Waals surface area contributed by atoms with E-state index in [1.807, 2.05) is 4.90 Å². The number of nitrogens with one attached hydrogen (secondary N) is 1. The fourth-order valence-corrected chi connectivity index (χ4v) is 4.04. The molecular formula is C18H20FN5O. The predicted molar refractivity (Wildman–Crippen MR) is 91.4 cm³/mol. The van der Waals surface area contributed by atoms with Crippen molar-refractivity contribution in [3.05, 3.63) is 35.9 Å². The molecule has 2 amide bonds. The third-order valence-electron chi connectivity index (χ3n) is 5.19. The van der Waals surface area contributed by atoms with E-state index in [2.05, 4.69) is 27.4 Å². The Balaban J connectivity index is 1.58. The molecular weight excluding hydrogens is 321 g/mol. The lowest BCUT2D eigenvalue weighted by Crippen LogP contribution is -2.63. The first-order valence-electron chi connectivity index (χ1n) is 8.56. The molecule has 2 aromatic rings. The second-order valence-corrected chi connectivity index (χ2v) is 7.07. The fourth-order valence-electron chi connectivity index (χ4n) is 4.04. The quantitative estimate of drug-likeness (QED) is 0.909. The van der Waals surface area contributed by atoms with E-state index in [0.29, 0.717) is 22.9 Å². The van der Waals surface area contributed by atoms with Gasteiger partial charge in [0.05, 0.1) is 11.9 Å². The van der Waals surface area contributed by atoms with Crippen molar-refractivity contribution in [1.29, 1.82) is 0 Å². The van der Waals surface area contributed by atoms with E-state index >= 15 is 0 Å². The Hall–Kier alpha value is -2.57. The molecule has 2 fully saturated rings. The predicted octanol–water partition coefficient (Wildman–Crippen LogP) is 3.39. The van der Waals surface area contributed by atoms with Crippen LogP contribution in [0.4, 0.5) is 14.9 Å². The Labute approximate surface area is 145 Å². The normalized spacial score (nSPS) is 24.6. The first-order valence-corrected chi connectivity index (χ1v) is 8.56. The molecule has 2 saturated heterocycles. The van der Waals surface area contributed by atoms with Crippen LogP contribution in [0, 0.1) is 18.7 Å². The lowest BCUT2D eigenvalue weighted by molar-refractivity contribution is -0.00603. The Morgan fingerprint density at radius 3 is 2.68 bits per heavy atom. The van der Waals surface area contributed by atoms with E-state index < -0.39 is 5.82 Å². The molecule has 130 valence electrons. The van der Waals surface area contributed by atoms with Gasteiger partial charge in [0.1, 0.15) is 5.82 Å². The van der Waals surface area contributed by atoms with E-state index in [0.717, 1.165) is 19.3 Å². The van der Waals surface area contributed by atoms with Crippen LogP contribution >= 0.6 is 0 Å². The smallest absolute Gasteiger partial charge is 0.318 e. The fraction of sp³-hybridized carbons (Fsp3) is 0.444. The number of carbonyl (C=O) groups excluding carboxylic acids is 1. The number of rotatable bonds is 2. The summed E-state index contributed by atoms with van der Waals surface area (Å²) >= 11 is 0. The van der Waals surface area contributed by atoms with Crippen molar-refractivity contribution >= 4 is 11.7 Å². The molecule has 0 aliphatic carbocycles. The van der Waals surface area contributed by atoms with Crippen molar-refractivity contribution in [3.8, 4) is 11.4 Å². The molecule has 1 N–H and O–H groups in total. The van der Waals surface area contributed by atoms with Gasteiger partial charge in [-0.1, -0.05) is 6.92 Å². The topological polar surface area (TPSA) is 71.0 Å². The average Bonchev–Trinajstić information content (AvgIpc) is 2.57. The van der Waals surface area contributed by atoms with Crippen molar-refractivity contribution in [2.45, 2.75) is 45.2 Å². The molecule has 1 aromatic heterocycles. The van der Waals surface area contributed by atoms with Gasteiger partial charge in [0.25, 0.3) is 0 Å². The van der Waals surface area contributed by atoms with Crippen molar-refractivity contribution in [3.63, 3.8) is 0 Å². The minimum atomic E-state index is -0.461. The summed E-state index contributed by atoms with van der Waals surface area (Å²) in [5.41, 5.74) is 1.50. The molecule has 2 aliphatic rings. The lowest BCUT2D eigenvalue weighted by Gasteiger charge is -2.54. The monoisotopic (exact) mass is 341 g/mol. The van der Waals surface area contributed by atoms with E-state index in [-0.39, 0.29) is 23.8 Å². The summed E-state index contributed by atoms with van der Waals surface area (Å²) in [5, 5.41) is 10.5. The lowest BCUT2D eigenvalue weighted by atomic mass is 9.74. The zero-order valence-electron chi connectivity index (χ0n) is 14.2. The summed E-state index contributed by atoms with van der Waals surface area (Å²) < 4.78 is 14.4. The Morgan fingerprint density at radius 1 is 1.24 bits per heavy atom. The van der Waals surface area contributed by atoms with Crippen LogP contribution in [0.5, 0.6) is 0 Å². The zero-order valence-corrected chi connectivity index (χ0v) is 14.2. The highest BCUT2D eigenvalue weighted by Gasteiger charge is 2.46. The molecule has 0 saturated carbocycles. The third-order valence-corrected chi connectivity index (χ3v) is 5.19. The molecule has 2 unspecified atom stereocenters. The Bertz CT molecular complexity index is 801. The molecule has 4 rings (SSSR count). The number of benzene rings is 1. The molecule has 0 spiro atoms. The standard InChI is InChI=1S/C18H20FN5O/c1-10-5-12-8-13(6-10)24(12)18(25)22-16-9-14(11(2)7-15(16)19)17-20-3-4-21-23-17/h3-4,7,9-10,12-13H,5-6,8H2,1-2H3,(H,22,25). The Morgan fingerprint density at radius 2 is 2.00 bits per heavy atom. The zero-order chi connectivity index (χ0) is 17.6. The van der Waals surface area contributed by atoms with Gasteiger partial charge in [0.2, 0.25) is 0 Å². The molecule has 25 heavy (non-hydrogen) atoms. The minimum Gasteiger partial charge on any atom is -0.318 e. The Kier molecular flexibility index (Phi) is 3.86. The van der Waals surface area contributed by atoms with Gasteiger partial charge in [-0.15, -0.1) is 5.10 Å². The van der Waals surface area contributed by atoms with Crippen LogP contribution in [0.3, 0.4) is 0 Å². The molecule has 2 atom stereocenters. The number of urea groups is 1. The molecule has 0 radical (unpaired) electrons. The van der Waals surface area contributed by atoms with Gasteiger partial charge in [0.15, 0.2) is 5.82 Å². The number of amides is 2. The maximum atomic E-state index is 14.4. The number of anilines is 1. The van der Waals surface area contributed by atoms with Gasteiger partial charge < -0.3 is 10.2 Å². The van der Waals surface area contributed by atoms with Crippen molar-refractivity contribution in [1.82, 2.24) is 20.1 Å². The molecule has 1 aromatic carbocycles. The van der Waals surface area contributed by atoms with Crippen LogP contribution in [-0.2, 0) is 0 Å². The first-order chi connectivity index (χ1) is 12.0. The largest absolute Gasteiger partial charge is 0.322 e. The molecule has 2 aliphatic heterocycles. The van der Waals surface area contributed by atoms with Crippen LogP contribution < -0.4 is 5.32 Å². The van der Waals surface area contributed by atoms with Crippen LogP contribution in [0.2, 0.25) is 0 Å². The third kappa shape index (κ3) is 2.83. The maximum Gasteiger partial charge on any atom is 0.322 e. The van der Waals surface area contributed by atoms with Gasteiger partial charge in [-0.25, -0.2) is 14.2 Å². The highest BCUT2D eigenvalue weighted by Crippen LogP contribution is 2.41. The second kappa shape index (κ2) is 6.06. The van der Waals surface area contributed by atoms with Crippen molar-refractivity contribution < 1.29 is 9.18 Å². The molecule has 3 heterocycles. The number of piperidine rings is 1. The van der Waals surface area contributed by atoms with E-state index in [4.69, 9.17) is 0 Å². The summed E-state index contributed by atoms with van der Waals surface area (Å²) in [6.45, 7) is 4.00. The van der Waals surface area contributed by atoms with Gasteiger partial charge in [0, 0.05) is 23.8 Å². The van der Waals surface area contributed by atoms with E-state index in [9.17, 15) is 9.18 Å². The number of aromatic nitrogens is 3.